The molecule has 0 aliphatic heterocycles. The average molecular weight is 280 g/mol. The molecule has 2 rings (SSSR count). The Morgan fingerprint density at radius 3 is 2.68 bits per heavy atom. The SMILES string of the molecule is O=C(Cc1ccccc1O)Nc1ccc(F)c(Cl)c1. The quantitative estimate of drug-likeness (QED) is 0.905. The highest BCUT2D eigenvalue weighted by Crippen LogP contribution is 2.20. The second-order valence-corrected chi connectivity index (χ2v) is 4.39. The molecule has 1 amide bonds. The van der Waals surface area contributed by atoms with Crippen LogP contribution in [0.2, 0.25) is 5.02 Å². The number of anilines is 1. The normalized spacial score (nSPS) is 10.2. The molecule has 0 aliphatic carbocycles. The number of phenolic OH excluding ortho intramolecular Hbond substituents is 1. The van der Waals surface area contributed by atoms with Gasteiger partial charge in [-0.2, -0.15) is 0 Å². The summed E-state index contributed by atoms with van der Waals surface area (Å²) in [5.41, 5.74) is 0.931. The number of hydrogen-bond donors (Lipinski definition) is 2. The molecule has 0 aromatic heterocycles. The van der Waals surface area contributed by atoms with Gasteiger partial charge in [0.05, 0.1) is 11.4 Å². The Balaban J connectivity index is 2.05. The van der Waals surface area contributed by atoms with Crippen LogP contribution in [-0.2, 0) is 11.2 Å². The molecule has 0 fully saturated rings. The van der Waals surface area contributed by atoms with Gasteiger partial charge in [0, 0.05) is 11.3 Å². The van der Waals surface area contributed by atoms with E-state index in [0.717, 1.165) is 0 Å². The number of phenols is 1. The molecule has 0 atom stereocenters. The van der Waals surface area contributed by atoms with Crippen molar-refractivity contribution in [3.63, 3.8) is 0 Å². The molecule has 0 aliphatic rings. The number of aromatic hydroxyl groups is 1. The Morgan fingerprint density at radius 1 is 1.26 bits per heavy atom. The highest BCUT2D eigenvalue weighted by atomic mass is 35.5. The van der Waals surface area contributed by atoms with Gasteiger partial charge in [0.15, 0.2) is 0 Å². The van der Waals surface area contributed by atoms with Crippen LogP contribution in [0.15, 0.2) is 42.5 Å². The predicted molar refractivity (Wildman–Crippen MR) is 71.9 cm³/mol. The summed E-state index contributed by atoms with van der Waals surface area (Å²) in [6.45, 7) is 0. The molecule has 2 N–H and O–H groups in total. The number of rotatable bonds is 3. The molecule has 0 heterocycles. The largest absolute Gasteiger partial charge is 0.508 e. The topological polar surface area (TPSA) is 49.3 Å². The van der Waals surface area contributed by atoms with Gasteiger partial charge in [0.1, 0.15) is 11.6 Å². The average Bonchev–Trinajstić information content (AvgIpc) is 2.37. The minimum atomic E-state index is -0.541. The first-order chi connectivity index (χ1) is 9.06. The highest BCUT2D eigenvalue weighted by molar-refractivity contribution is 6.31. The maximum atomic E-state index is 13.0. The minimum absolute atomic E-state index is 0.0294. The van der Waals surface area contributed by atoms with Gasteiger partial charge in [-0.05, 0) is 24.3 Å². The van der Waals surface area contributed by atoms with E-state index in [-0.39, 0.29) is 23.1 Å². The smallest absolute Gasteiger partial charge is 0.228 e. The zero-order valence-corrected chi connectivity index (χ0v) is 10.6. The maximum absolute atomic E-state index is 13.0. The fourth-order valence-corrected chi connectivity index (χ4v) is 1.79. The van der Waals surface area contributed by atoms with Crippen molar-refractivity contribution in [3.05, 3.63) is 58.9 Å². The molecule has 3 nitrogen and oxygen atoms in total. The summed E-state index contributed by atoms with van der Waals surface area (Å²) in [7, 11) is 0. The van der Waals surface area contributed by atoms with Crippen molar-refractivity contribution in [3.8, 4) is 5.75 Å². The third-order valence-corrected chi connectivity index (χ3v) is 2.84. The number of carbonyl (C=O) groups excluding carboxylic acids is 1. The number of para-hydroxylation sites is 1. The van der Waals surface area contributed by atoms with Gasteiger partial charge >= 0.3 is 0 Å². The molecule has 19 heavy (non-hydrogen) atoms. The van der Waals surface area contributed by atoms with E-state index in [1.165, 1.54) is 24.3 Å². The number of benzene rings is 2. The summed E-state index contributed by atoms with van der Waals surface area (Å²) in [5.74, 6) is -0.792. The predicted octanol–water partition coefficient (Wildman–Crippen LogP) is 3.37. The Hall–Kier alpha value is -2.07. The molecule has 2 aromatic rings. The molecule has 5 heteroatoms. The van der Waals surface area contributed by atoms with Crippen LogP contribution in [0.3, 0.4) is 0 Å². The van der Waals surface area contributed by atoms with Crippen LogP contribution in [0.25, 0.3) is 0 Å². The highest BCUT2D eigenvalue weighted by Gasteiger charge is 2.08. The number of hydrogen-bond acceptors (Lipinski definition) is 2. The van der Waals surface area contributed by atoms with E-state index in [1.54, 1.807) is 18.2 Å². The van der Waals surface area contributed by atoms with E-state index in [4.69, 9.17) is 11.6 Å². The summed E-state index contributed by atoms with van der Waals surface area (Å²) < 4.78 is 13.0. The number of amides is 1. The molecule has 98 valence electrons. The van der Waals surface area contributed by atoms with E-state index in [0.29, 0.717) is 11.3 Å². The standard InChI is InChI=1S/C14H11ClFNO2/c15-11-8-10(5-6-12(11)16)17-14(19)7-9-3-1-2-4-13(9)18/h1-6,8,18H,7H2,(H,17,19). The van der Waals surface area contributed by atoms with E-state index in [1.807, 2.05) is 0 Å². The summed E-state index contributed by atoms with van der Waals surface area (Å²) in [5, 5.41) is 12.1. The second kappa shape index (κ2) is 5.71. The zero-order chi connectivity index (χ0) is 13.8. The third kappa shape index (κ3) is 3.45. The third-order valence-electron chi connectivity index (χ3n) is 2.55. The molecule has 0 saturated heterocycles. The molecular weight excluding hydrogens is 269 g/mol. The van der Waals surface area contributed by atoms with Crippen LogP contribution < -0.4 is 5.32 Å². The van der Waals surface area contributed by atoms with Crippen LogP contribution in [0.4, 0.5) is 10.1 Å². The van der Waals surface area contributed by atoms with Crippen LogP contribution in [0.5, 0.6) is 5.75 Å². The molecule has 0 saturated carbocycles. The Bertz CT molecular complexity index is 616. The Kier molecular flexibility index (Phi) is 4.02. The fourth-order valence-electron chi connectivity index (χ4n) is 1.61. The summed E-state index contributed by atoms with van der Waals surface area (Å²) in [6.07, 6.45) is 0.0294. The van der Waals surface area contributed by atoms with Crippen LogP contribution in [0.1, 0.15) is 5.56 Å². The Labute approximate surface area is 114 Å². The van der Waals surface area contributed by atoms with E-state index < -0.39 is 5.82 Å². The summed E-state index contributed by atoms with van der Waals surface area (Å²) in [6, 6.07) is 10.5. The number of nitrogens with one attached hydrogen (secondary N) is 1. The fraction of sp³-hybridized carbons (Fsp3) is 0.0714. The van der Waals surface area contributed by atoms with E-state index >= 15 is 0 Å². The van der Waals surface area contributed by atoms with E-state index in [2.05, 4.69) is 5.32 Å². The lowest BCUT2D eigenvalue weighted by atomic mass is 10.1. The van der Waals surface area contributed by atoms with Crippen molar-refractivity contribution in [2.75, 3.05) is 5.32 Å². The van der Waals surface area contributed by atoms with E-state index in [9.17, 15) is 14.3 Å². The lowest BCUT2D eigenvalue weighted by molar-refractivity contribution is -0.115. The van der Waals surface area contributed by atoms with Gasteiger partial charge < -0.3 is 10.4 Å². The first kappa shape index (κ1) is 13.4. The lowest BCUT2D eigenvalue weighted by Gasteiger charge is -2.07. The first-order valence-electron chi connectivity index (χ1n) is 5.58. The summed E-state index contributed by atoms with van der Waals surface area (Å²) >= 11 is 5.62. The van der Waals surface area contributed by atoms with Crippen molar-refractivity contribution in [1.82, 2.24) is 0 Å². The summed E-state index contributed by atoms with van der Waals surface area (Å²) in [4.78, 5) is 11.8. The first-order valence-corrected chi connectivity index (χ1v) is 5.96. The van der Waals surface area contributed by atoms with Crippen molar-refractivity contribution in [1.29, 1.82) is 0 Å². The lowest BCUT2D eigenvalue weighted by Crippen LogP contribution is -2.14. The monoisotopic (exact) mass is 279 g/mol. The molecule has 0 radical (unpaired) electrons. The second-order valence-electron chi connectivity index (χ2n) is 3.98. The van der Waals surface area contributed by atoms with Crippen molar-refractivity contribution in [2.45, 2.75) is 6.42 Å². The van der Waals surface area contributed by atoms with Crippen LogP contribution in [-0.4, -0.2) is 11.0 Å². The molecule has 0 bridgehead atoms. The van der Waals surface area contributed by atoms with Gasteiger partial charge in [0.25, 0.3) is 0 Å². The molecular formula is C14H11ClFNO2. The van der Waals surface area contributed by atoms with Gasteiger partial charge in [-0.1, -0.05) is 29.8 Å². The number of carbonyl (C=O) groups is 1. The van der Waals surface area contributed by atoms with Crippen molar-refractivity contribution >= 4 is 23.2 Å². The molecule has 0 spiro atoms. The van der Waals surface area contributed by atoms with Crippen LogP contribution >= 0.6 is 11.6 Å². The minimum Gasteiger partial charge on any atom is -0.508 e. The van der Waals surface area contributed by atoms with Crippen molar-refractivity contribution in [2.24, 2.45) is 0 Å². The molecule has 0 unspecified atom stereocenters. The van der Waals surface area contributed by atoms with Gasteiger partial charge in [-0.3, -0.25) is 4.79 Å². The Morgan fingerprint density at radius 2 is 2.00 bits per heavy atom. The molecule has 2 aromatic carbocycles. The van der Waals surface area contributed by atoms with Gasteiger partial charge in [-0.15, -0.1) is 0 Å². The number of halogens is 2. The van der Waals surface area contributed by atoms with Crippen LogP contribution in [0, 0.1) is 5.82 Å². The zero-order valence-electron chi connectivity index (χ0n) is 9.86. The maximum Gasteiger partial charge on any atom is 0.228 e. The van der Waals surface area contributed by atoms with Gasteiger partial charge in [0.2, 0.25) is 5.91 Å². The van der Waals surface area contributed by atoms with Crippen molar-refractivity contribution < 1.29 is 14.3 Å². The van der Waals surface area contributed by atoms with Gasteiger partial charge in [-0.25, -0.2) is 4.39 Å².